The minimum Gasteiger partial charge on any atom is -0.395 e. The third-order valence-corrected chi connectivity index (χ3v) is 4.36. The molecule has 0 saturated carbocycles. The Labute approximate surface area is 129 Å². The largest absolute Gasteiger partial charge is 0.395 e. The second kappa shape index (κ2) is 8.71. The lowest BCUT2D eigenvalue weighted by atomic mass is 9.98. The van der Waals surface area contributed by atoms with Crippen LogP contribution in [0.1, 0.15) is 31.2 Å². The molecule has 0 unspecified atom stereocenters. The van der Waals surface area contributed by atoms with Gasteiger partial charge in [-0.3, -0.25) is 4.79 Å². The van der Waals surface area contributed by atoms with Crippen LogP contribution in [0.5, 0.6) is 0 Å². The molecule has 112 valence electrons. The maximum Gasteiger partial charge on any atom is 0.225 e. The Bertz CT molecular complexity index is 531. The first-order valence-electron chi connectivity index (χ1n) is 7.21. The molecule has 2 heterocycles. The number of rotatable bonds is 4. The summed E-state index contributed by atoms with van der Waals surface area (Å²) >= 11 is 1.96. The van der Waals surface area contributed by atoms with Crippen molar-refractivity contribution >= 4 is 23.5 Å². The summed E-state index contributed by atoms with van der Waals surface area (Å²) in [7, 11) is 0. The van der Waals surface area contributed by atoms with Crippen molar-refractivity contribution in [2.75, 3.05) is 23.4 Å². The minimum absolute atomic E-state index is 0.0277. The van der Waals surface area contributed by atoms with Gasteiger partial charge in [-0.1, -0.05) is 11.8 Å². The fourth-order valence-electron chi connectivity index (χ4n) is 2.20. The van der Waals surface area contributed by atoms with E-state index in [0.717, 1.165) is 29.9 Å². The number of nitrogens with zero attached hydrogens (tertiary/aromatic N) is 1. The molecule has 5 heteroatoms. The molecule has 4 nitrogen and oxygen atoms in total. The Morgan fingerprint density at radius 2 is 2.29 bits per heavy atom. The molecular weight excluding hydrogens is 284 g/mol. The van der Waals surface area contributed by atoms with Crippen molar-refractivity contribution in [2.45, 2.75) is 25.7 Å². The van der Waals surface area contributed by atoms with Gasteiger partial charge in [0.25, 0.3) is 0 Å². The summed E-state index contributed by atoms with van der Waals surface area (Å²) in [5.74, 6) is 9.18. The van der Waals surface area contributed by atoms with Gasteiger partial charge in [-0.15, -0.1) is 0 Å². The van der Waals surface area contributed by atoms with Crippen molar-refractivity contribution < 1.29 is 9.90 Å². The summed E-state index contributed by atoms with van der Waals surface area (Å²) in [5, 5.41) is 11.5. The third kappa shape index (κ3) is 5.78. The van der Waals surface area contributed by atoms with Crippen LogP contribution < -0.4 is 5.32 Å². The molecule has 1 aromatic heterocycles. The molecule has 1 aliphatic heterocycles. The van der Waals surface area contributed by atoms with Gasteiger partial charge in [-0.05, 0) is 42.4 Å². The first-order chi connectivity index (χ1) is 10.3. The van der Waals surface area contributed by atoms with E-state index in [2.05, 4.69) is 22.1 Å². The van der Waals surface area contributed by atoms with Gasteiger partial charge in [0.05, 0.1) is 6.61 Å². The van der Waals surface area contributed by atoms with Crippen LogP contribution in [0.2, 0.25) is 0 Å². The quantitative estimate of drug-likeness (QED) is 0.838. The fraction of sp³-hybridized carbons (Fsp3) is 0.500. The molecule has 1 saturated heterocycles. The van der Waals surface area contributed by atoms with Gasteiger partial charge < -0.3 is 10.4 Å². The van der Waals surface area contributed by atoms with E-state index in [0.29, 0.717) is 24.6 Å². The van der Waals surface area contributed by atoms with Crippen LogP contribution in [0.15, 0.2) is 18.3 Å². The van der Waals surface area contributed by atoms with E-state index >= 15 is 0 Å². The molecule has 0 bridgehead atoms. The summed E-state index contributed by atoms with van der Waals surface area (Å²) in [6.45, 7) is 0.0569. The van der Waals surface area contributed by atoms with Crippen molar-refractivity contribution in [3.8, 4) is 11.8 Å². The number of aliphatic hydroxyl groups excluding tert-OH is 1. The zero-order chi connectivity index (χ0) is 14.9. The summed E-state index contributed by atoms with van der Waals surface area (Å²) in [6, 6.07) is 3.55. The number of pyridine rings is 1. The van der Waals surface area contributed by atoms with Gasteiger partial charge in [-0.25, -0.2) is 4.98 Å². The SMILES string of the molecule is O=C(CC1CCSCC1)Nc1cc(C#CCCO)ccn1. The van der Waals surface area contributed by atoms with E-state index in [4.69, 9.17) is 5.11 Å². The zero-order valence-corrected chi connectivity index (χ0v) is 12.8. The molecule has 21 heavy (non-hydrogen) atoms. The van der Waals surface area contributed by atoms with Gasteiger partial charge in [-0.2, -0.15) is 11.8 Å². The van der Waals surface area contributed by atoms with Crippen molar-refractivity contribution in [1.29, 1.82) is 0 Å². The molecule has 1 fully saturated rings. The molecule has 0 aliphatic carbocycles. The first kappa shape index (κ1) is 15.9. The summed E-state index contributed by atoms with van der Waals surface area (Å²) in [4.78, 5) is 16.2. The number of amides is 1. The highest BCUT2D eigenvalue weighted by Gasteiger charge is 2.17. The van der Waals surface area contributed by atoms with Crippen LogP contribution in [0, 0.1) is 17.8 Å². The minimum atomic E-state index is 0.0277. The Balaban J connectivity index is 1.88. The van der Waals surface area contributed by atoms with Crippen LogP contribution in [0.3, 0.4) is 0 Å². The number of hydrogen-bond acceptors (Lipinski definition) is 4. The number of aromatic nitrogens is 1. The fourth-order valence-corrected chi connectivity index (χ4v) is 3.41. The van der Waals surface area contributed by atoms with E-state index in [1.54, 1.807) is 18.3 Å². The predicted molar refractivity (Wildman–Crippen MR) is 86.1 cm³/mol. The summed E-state index contributed by atoms with van der Waals surface area (Å²) < 4.78 is 0. The lowest BCUT2D eigenvalue weighted by Gasteiger charge is -2.20. The maximum atomic E-state index is 12.0. The average molecular weight is 304 g/mol. The highest BCUT2D eigenvalue weighted by molar-refractivity contribution is 7.99. The van der Waals surface area contributed by atoms with Gasteiger partial charge >= 0.3 is 0 Å². The second-order valence-electron chi connectivity index (χ2n) is 5.01. The second-order valence-corrected chi connectivity index (χ2v) is 6.24. The Morgan fingerprint density at radius 1 is 1.48 bits per heavy atom. The van der Waals surface area contributed by atoms with Gasteiger partial charge in [0.2, 0.25) is 5.91 Å². The van der Waals surface area contributed by atoms with E-state index in [-0.39, 0.29) is 12.5 Å². The van der Waals surface area contributed by atoms with E-state index in [9.17, 15) is 4.79 Å². The molecule has 0 aromatic carbocycles. The van der Waals surface area contributed by atoms with Crippen molar-refractivity contribution in [2.24, 2.45) is 5.92 Å². The molecule has 1 aliphatic rings. The summed E-state index contributed by atoms with van der Waals surface area (Å²) in [6.07, 6.45) is 4.90. The van der Waals surface area contributed by atoms with Gasteiger partial charge in [0.1, 0.15) is 5.82 Å². The van der Waals surface area contributed by atoms with Crippen LogP contribution in [0.4, 0.5) is 5.82 Å². The highest BCUT2D eigenvalue weighted by Crippen LogP contribution is 2.25. The molecular formula is C16H20N2O2S. The van der Waals surface area contributed by atoms with E-state index < -0.39 is 0 Å². The summed E-state index contributed by atoms with van der Waals surface area (Å²) in [5.41, 5.74) is 0.794. The average Bonchev–Trinajstić information content (AvgIpc) is 2.49. The highest BCUT2D eigenvalue weighted by atomic mass is 32.2. The Morgan fingerprint density at radius 3 is 3.05 bits per heavy atom. The topological polar surface area (TPSA) is 62.2 Å². The molecule has 1 amide bonds. The Hall–Kier alpha value is -1.51. The molecule has 0 spiro atoms. The number of hydrogen-bond donors (Lipinski definition) is 2. The molecule has 2 N–H and O–H groups in total. The number of carbonyl (C=O) groups is 1. The lowest BCUT2D eigenvalue weighted by Crippen LogP contribution is -2.20. The number of thioether (sulfide) groups is 1. The predicted octanol–water partition coefficient (Wildman–Crippen LogP) is 2.29. The van der Waals surface area contributed by atoms with Crippen LogP contribution in [-0.2, 0) is 4.79 Å². The maximum absolute atomic E-state index is 12.0. The van der Waals surface area contributed by atoms with Crippen LogP contribution in [0.25, 0.3) is 0 Å². The Kier molecular flexibility index (Phi) is 6.58. The van der Waals surface area contributed by atoms with E-state index in [1.165, 1.54) is 0 Å². The third-order valence-electron chi connectivity index (χ3n) is 3.31. The zero-order valence-electron chi connectivity index (χ0n) is 12.0. The lowest BCUT2D eigenvalue weighted by molar-refractivity contribution is -0.117. The molecule has 1 aromatic rings. The van der Waals surface area contributed by atoms with Crippen molar-refractivity contribution in [1.82, 2.24) is 4.98 Å². The van der Waals surface area contributed by atoms with Crippen molar-refractivity contribution in [3.05, 3.63) is 23.9 Å². The van der Waals surface area contributed by atoms with Gasteiger partial charge in [0, 0.05) is 24.6 Å². The standard InChI is InChI=1S/C16H20N2O2S/c19-8-2-1-3-13-4-7-17-15(11-13)18-16(20)12-14-5-9-21-10-6-14/h4,7,11,14,19H,2,5-6,8-10,12H2,(H,17,18,20). The number of aliphatic hydroxyl groups is 1. The smallest absolute Gasteiger partial charge is 0.225 e. The molecule has 0 radical (unpaired) electrons. The van der Waals surface area contributed by atoms with Crippen LogP contribution >= 0.6 is 11.8 Å². The number of carbonyl (C=O) groups excluding carboxylic acids is 1. The molecule has 0 atom stereocenters. The number of nitrogens with one attached hydrogen (secondary N) is 1. The molecule has 2 rings (SSSR count). The van der Waals surface area contributed by atoms with Crippen LogP contribution in [-0.4, -0.2) is 34.1 Å². The van der Waals surface area contributed by atoms with E-state index in [1.807, 2.05) is 11.8 Å². The monoisotopic (exact) mass is 304 g/mol. The van der Waals surface area contributed by atoms with Gasteiger partial charge in [0.15, 0.2) is 0 Å². The number of anilines is 1. The normalized spacial score (nSPS) is 15.1. The first-order valence-corrected chi connectivity index (χ1v) is 8.37. The van der Waals surface area contributed by atoms with Crippen molar-refractivity contribution in [3.63, 3.8) is 0 Å².